The molecule has 5 heteroatoms. The summed E-state index contributed by atoms with van der Waals surface area (Å²) in [6.45, 7) is 3.41. The molecule has 2 rings (SSSR count). The minimum atomic E-state index is -3.04. The van der Waals surface area contributed by atoms with E-state index in [0.29, 0.717) is 5.69 Å². The molecule has 1 aromatic heterocycles. The second-order valence-corrected chi connectivity index (χ2v) is 8.05. The van der Waals surface area contributed by atoms with Gasteiger partial charge in [0.25, 0.3) is 0 Å². The number of rotatable bonds is 3. The van der Waals surface area contributed by atoms with Crippen molar-refractivity contribution in [2.24, 2.45) is 0 Å². The van der Waals surface area contributed by atoms with Gasteiger partial charge < -0.3 is 5.73 Å². The standard InChI is InChI=1S/C12H15NO2S2/c1-8(2)17(14,15)7-9-6-10-11(13)4-3-5-12(10)16-9/h3-6,8H,7,13H2,1-2H3. The Balaban J connectivity index is 2.42. The molecule has 2 N–H and O–H groups in total. The average Bonchev–Trinajstić information content (AvgIpc) is 2.60. The maximum Gasteiger partial charge on any atom is 0.157 e. The first-order chi connectivity index (χ1) is 7.90. The molecule has 2 aromatic rings. The third-order valence-electron chi connectivity index (χ3n) is 2.71. The van der Waals surface area contributed by atoms with Crippen LogP contribution in [0, 0.1) is 0 Å². The summed E-state index contributed by atoms with van der Waals surface area (Å²) in [5, 5.41) is 0.608. The largest absolute Gasteiger partial charge is 0.398 e. The number of thiophene rings is 1. The zero-order valence-electron chi connectivity index (χ0n) is 9.80. The Morgan fingerprint density at radius 1 is 1.35 bits per heavy atom. The lowest BCUT2D eigenvalue weighted by Gasteiger charge is -2.04. The molecule has 0 fully saturated rings. The molecule has 0 atom stereocenters. The van der Waals surface area contributed by atoms with Crippen molar-refractivity contribution in [1.29, 1.82) is 0 Å². The fourth-order valence-corrected chi connectivity index (χ4v) is 4.01. The van der Waals surface area contributed by atoms with Crippen molar-refractivity contribution in [1.82, 2.24) is 0 Å². The highest BCUT2D eigenvalue weighted by Gasteiger charge is 2.18. The Kier molecular flexibility index (Phi) is 3.14. The first-order valence-corrected chi connectivity index (χ1v) is 7.92. The van der Waals surface area contributed by atoms with Crippen LogP contribution in [-0.2, 0) is 15.6 Å². The lowest BCUT2D eigenvalue weighted by Crippen LogP contribution is -2.15. The Bertz CT molecular complexity index is 642. The summed E-state index contributed by atoms with van der Waals surface area (Å²) in [6.07, 6.45) is 0. The van der Waals surface area contributed by atoms with Gasteiger partial charge in [-0.1, -0.05) is 6.07 Å². The maximum absolute atomic E-state index is 11.8. The van der Waals surface area contributed by atoms with Crippen LogP contribution in [0.15, 0.2) is 24.3 Å². The Labute approximate surface area is 105 Å². The van der Waals surface area contributed by atoms with Gasteiger partial charge in [-0.25, -0.2) is 8.42 Å². The van der Waals surface area contributed by atoms with E-state index in [2.05, 4.69) is 0 Å². The summed E-state index contributed by atoms with van der Waals surface area (Å²) in [6, 6.07) is 7.56. The number of fused-ring (bicyclic) bond motifs is 1. The average molecular weight is 269 g/mol. The van der Waals surface area contributed by atoms with Gasteiger partial charge in [0.2, 0.25) is 0 Å². The molecule has 0 radical (unpaired) electrons. The Morgan fingerprint density at radius 2 is 2.06 bits per heavy atom. The molecular weight excluding hydrogens is 254 g/mol. The molecule has 92 valence electrons. The summed E-state index contributed by atoms with van der Waals surface area (Å²) < 4.78 is 24.7. The second-order valence-electron chi connectivity index (χ2n) is 4.33. The van der Waals surface area contributed by atoms with Gasteiger partial charge in [-0.3, -0.25) is 0 Å². The summed E-state index contributed by atoms with van der Waals surface area (Å²) in [5.74, 6) is 0.101. The predicted octanol–water partition coefficient (Wildman–Crippen LogP) is 2.81. The lowest BCUT2D eigenvalue weighted by molar-refractivity contribution is 0.587. The predicted molar refractivity (Wildman–Crippen MR) is 74.0 cm³/mol. The first-order valence-electron chi connectivity index (χ1n) is 5.38. The second kappa shape index (κ2) is 4.31. The monoisotopic (exact) mass is 269 g/mol. The van der Waals surface area contributed by atoms with Crippen molar-refractivity contribution in [2.75, 3.05) is 5.73 Å². The van der Waals surface area contributed by atoms with Crippen molar-refractivity contribution in [3.05, 3.63) is 29.1 Å². The number of nitrogen functional groups attached to an aromatic ring is 1. The highest BCUT2D eigenvalue weighted by Crippen LogP contribution is 2.31. The van der Waals surface area contributed by atoms with Crippen LogP contribution >= 0.6 is 11.3 Å². The fraction of sp³-hybridized carbons (Fsp3) is 0.333. The summed E-state index contributed by atoms with van der Waals surface area (Å²) in [7, 11) is -3.04. The highest BCUT2D eigenvalue weighted by molar-refractivity contribution is 7.91. The molecule has 3 nitrogen and oxygen atoms in total. The van der Waals surface area contributed by atoms with Crippen LogP contribution in [0.25, 0.3) is 10.1 Å². The van der Waals surface area contributed by atoms with Crippen molar-refractivity contribution < 1.29 is 8.42 Å². The van der Waals surface area contributed by atoms with E-state index in [1.54, 1.807) is 13.8 Å². The van der Waals surface area contributed by atoms with Gasteiger partial charge in [0.15, 0.2) is 9.84 Å². The van der Waals surface area contributed by atoms with Gasteiger partial charge in [-0.15, -0.1) is 11.3 Å². The fourth-order valence-electron chi connectivity index (χ4n) is 1.57. The van der Waals surface area contributed by atoms with Crippen LogP contribution in [0.5, 0.6) is 0 Å². The van der Waals surface area contributed by atoms with Crippen molar-refractivity contribution in [3.8, 4) is 0 Å². The van der Waals surface area contributed by atoms with E-state index in [4.69, 9.17) is 5.73 Å². The third kappa shape index (κ3) is 2.45. The van der Waals surface area contributed by atoms with E-state index in [0.717, 1.165) is 15.0 Å². The van der Waals surface area contributed by atoms with Crippen LogP contribution in [0.4, 0.5) is 5.69 Å². The van der Waals surface area contributed by atoms with Crippen LogP contribution in [0.3, 0.4) is 0 Å². The van der Waals surface area contributed by atoms with Crippen LogP contribution < -0.4 is 5.73 Å². The first kappa shape index (κ1) is 12.4. The quantitative estimate of drug-likeness (QED) is 0.872. The van der Waals surface area contributed by atoms with Gasteiger partial charge in [0, 0.05) is 20.7 Å². The van der Waals surface area contributed by atoms with Crippen molar-refractivity contribution in [2.45, 2.75) is 24.9 Å². The third-order valence-corrected chi connectivity index (χ3v) is 6.14. The number of hydrogen-bond donors (Lipinski definition) is 1. The number of hydrogen-bond acceptors (Lipinski definition) is 4. The molecule has 1 heterocycles. The number of sulfone groups is 1. The zero-order chi connectivity index (χ0) is 12.6. The molecule has 0 aliphatic carbocycles. The molecule has 1 aromatic carbocycles. The maximum atomic E-state index is 11.8. The molecular formula is C12H15NO2S2. The van der Waals surface area contributed by atoms with Crippen molar-refractivity contribution in [3.63, 3.8) is 0 Å². The van der Waals surface area contributed by atoms with E-state index in [1.807, 2.05) is 24.3 Å². The van der Waals surface area contributed by atoms with Crippen LogP contribution in [-0.4, -0.2) is 13.7 Å². The van der Waals surface area contributed by atoms with E-state index >= 15 is 0 Å². The van der Waals surface area contributed by atoms with E-state index in [1.165, 1.54) is 11.3 Å². The topological polar surface area (TPSA) is 60.2 Å². The number of benzene rings is 1. The lowest BCUT2D eigenvalue weighted by atomic mass is 10.2. The molecule has 0 bridgehead atoms. The van der Waals surface area contributed by atoms with Gasteiger partial charge in [0.05, 0.1) is 11.0 Å². The molecule has 0 amide bonds. The van der Waals surface area contributed by atoms with E-state index in [9.17, 15) is 8.42 Å². The molecule has 0 aliphatic heterocycles. The van der Waals surface area contributed by atoms with Gasteiger partial charge in [-0.2, -0.15) is 0 Å². The van der Waals surface area contributed by atoms with E-state index < -0.39 is 9.84 Å². The van der Waals surface area contributed by atoms with Gasteiger partial charge >= 0.3 is 0 Å². The van der Waals surface area contributed by atoms with E-state index in [-0.39, 0.29) is 11.0 Å². The summed E-state index contributed by atoms with van der Waals surface area (Å²) in [5.41, 5.74) is 6.55. The molecule has 0 saturated carbocycles. The van der Waals surface area contributed by atoms with Gasteiger partial charge in [-0.05, 0) is 32.0 Å². The smallest absolute Gasteiger partial charge is 0.157 e. The molecule has 0 saturated heterocycles. The minimum absolute atomic E-state index is 0.101. The normalized spacial score (nSPS) is 12.4. The molecule has 0 spiro atoms. The van der Waals surface area contributed by atoms with Crippen LogP contribution in [0.2, 0.25) is 0 Å². The Hall–Kier alpha value is -1.07. The summed E-state index contributed by atoms with van der Waals surface area (Å²) in [4.78, 5) is 0.853. The van der Waals surface area contributed by atoms with Crippen molar-refractivity contribution >= 4 is 36.9 Å². The van der Waals surface area contributed by atoms with Gasteiger partial charge in [0.1, 0.15) is 0 Å². The SMILES string of the molecule is CC(C)S(=O)(=O)Cc1cc2c(N)cccc2s1. The minimum Gasteiger partial charge on any atom is -0.398 e. The molecule has 0 aliphatic rings. The number of anilines is 1. The molecule has 17 heavy (non-hydrogen) atoms. The summed E-state index contributed by atoms with van der Waals surface area (Å²) >= 11 is 1.50. The zero-order valence-corrected chi connectivity index (χ0v) is 11.4. The van der Waals surface area contributed by atoms with Crippen LogP contribution in [0.1, 0.15) is 18.7 Å². The molecule has 0 unspecified atom stereocenters. The number of nitrogens with two attached hydrogens (primary N) is 1. The highest BCUT2D eigenvalue weighted by atomic mass is 32.2. The Morgan fingerprint density at radius 3 is 2.65 bits per heavy atom.